The van der Waals surface area contributed by atoms with Gasteiger partial charge >= 0.3 is 0 Å². The number of aliphatic hydroxyl groups is 1. The summed E-state index contributed by atoms with van der Waals surface area (Å²) in [5, 5.41) is 12.5. The molecule has 1 aromatic rings. The molecule has 2 N–H and O–H groups in total. The van der Waals surface area contributed by atoms with Crippen molar-refractivity contribution in [3.8, 4) is 0 Å². The second-order valence-electron chi connectivity index (χ2n) is 5.36. The number of aromatic nitrogens is 1. The molecule has 1 aliphatic heterocycles. The average Bonchev–Trinajstić information content (AvgIpc) is 3.25. The van der Waals surface area contributed by atoms with Gasteiger partial charge < -0.3 is 15.3 Å². The summed E-state index contributed by atoms with van der Waals surface area (Å²) in [5.74, 6) is 1.12. The molecule has 0 bridgehead atoms. The zero-order valence-corrected chi connectivity index (χ0v) is 10.9. The molecule has 2 heterocycles. The number of amides is 1. The van der Waals surface area contributed by atoms with Gasteiger partial charge in [-0.2, -0.15) is 0 Å². The Morgan fingerprint density at radius 2 is 2.05 bits per heavy atom. The average molecular weight is 261 g/mol. The van der Waals surface area contributed by atoms with Crippen molar-refractivity contribution in [2.24, 2.45) is 5.92 Å². The first-order valence-corrected chi connectivity index (χ1v) is 6.93. The van der Waals surface area contributed by atoms with Crippen LogP contribution in [-0.4, -0.2) is 35.2 Å². The molecule has 1 saturated heterocycles. The lowest BCUT2D eigenvalue weighted by molar-refractivity contribution is -0.117. The Kier molecular flexibility index (Phi) is 3.38. The van der Waals surface area contributed by atoms with Crippen LogP contribution in [0.4, 0.5) is 11.5 Å². The molecule has 3 rings (SSSR count). The first-order chi connectivity index (χ1) is 9.24. The lowest BCUT2D eigenvalue weighted by Crippen LogP contribution is -2.36. The minimum atomic E-state index is -0.204. The van der Waals surface area contributed by atoms with Crippen LogP contribution in [0.5, 0.6) is 0 Å². The lowest BCUT2D eigenvalue weighted by Gasteiger charge is -2.31. The molecule has 0 radical (unpaired) electrons. The third-order valence-electron chi connectivity index (χ3n) is 3.76. The van der Waals surface area contributed by atoms with Crippen molar-refractivity contribution in [2.45, 2.75) is 31.8 Å². The van der Waals surface area contributed by atoms with Crippen LogP contribution in [0.2, 0.25) is 0 Å². The van der Waals surface area contributed by atoms with Gasteiger partial charge in [-0.15, -0.1) is 0 Å². The molecule has 102 valence electrons. The second kappa shape index (κ2) is 5.17. The molecule has 2 aliphatic rings. The number of hydrogen-bond donors (Lipinski definition) is 2. The van der Waals surface area contributed by atoms with Crippen molar-refractivity contribution in [2.75, 3.05) is 23.3 Å². The van der Waals surface area contributed by atoms with Crippen LogP contribution >= 0.6 is 0 Å². The molecular formula is C14H19N3O2. The summed E-state index contributed by atoms with van der Waals surface area (Å²) in [4.78, 5) is 18.4. The first-order valence-electron chi connectivity index (χ1n) is 6.93. The fourth-order valence-electron chi connectivity index (χ4n) is 2.40. The molecule has 0 aromatic carbocycles. The van der Waals surface area contributed by atoms with Gasteiger partial charge in [-0.05, 0) is 37.8 Å². The van der Waals surface area contributed by atoms with Gasteiger partial charge in [-0.3, -0.25) is 4.79 Å². The summed E-state index contributed by atoms with van der Waals surface area (Å²) in [6, 6.07) is 3.73. The van der Waals surface area contributed by atoms with Crippen LogP contribution < -0.4 is 10.2 Å². The van der Waals surface area contributed by atoms with E-state index in [0.29, 0.717) is 0 Å². The molecule has 1 saturated carbocycles. The van der Waals surface area contributed by atoms with Crippen molar-refractivity contribution in [1.29, 1.82) is 0 Å². The summed E-state index contributed by atoms with van der Waals surface area (Å²) in [6.45, 7) is 1.56. The van der Waals surface area contributed by atoms with Gasteiger partial charge in [0.25, 0.3) is 0 Å². The molecule has 19 heavy (non-hydrogen) atoms. The van der Waals surface area contributed by atoms with Crippen LogP contribution in [-0.2, 0) is 4.79 Å². The highest BCUT2D eigenvalue weighted by Crippen LogP contribution is 2.32. The fraction of sp³-hybridized carbons (Fsp3) is 0.571. The molecule has 1 aliphatic carbocycles. The Morgan fingerprint density at radius 1 is 1.32 bits per heavy atom. The highest BCUT2D eigenvalue weighted by molar-refractivity contribution is 5.96. The number of hydrogen-bond acceptors (Lipinski definition) is 4. The minimum Gasteiger partial charge on any atom is -0.393 e. The number of pyridine rings is 1. The smallest absolute Gasteiger partial charge is 0.227 e. The van der Waals surface area contributed by atoms with E-state index in [1.165, 1.54) is 0 Å². The van der Waals surface area contributed by atoms with Gasteiger partial charge in [0.15, 0.2) is 5.82 Å². The Bertz CT molecular complexity index is 466. The van der Waals surface area contributed by atoms with Crippen molar-refractivity contribution in [1.82, 2.24) is 4.98 Å². The molecular weight excluding hydrogens is 242 g/mol. The molecule has 0 atom stereocenters. The standard InChI is InChI=1S/C14H19N3O2/c18-11-5-8-17(9-6-11)13-12(2-1-7-15-13)16-14(19)10-3-4-10/h1-2,7,10-11,18H,3-6,8-9H2,(H,16,19). The zero-order valence-electron chi connectivity index (χ0n) is 10.9. The summed E-state index contributed by atoms with van der Waals surface area (Å²) in [6.07, 6.45) is 5.05. The Labute approximate surface area is 112 Å². The number of rotatable bonds is 3. The molecule has 5 nitrogen and oxygen atoms in total. The normalized spacial score (nSPS) is 20.4. The van der Waals surface area contributed by atoms with Gasteiger partial charge in [0, 0.05) is 25.2 Å². The molecule has 0 unspecified atom stereocenters. The van der Waals surface area contributed by atoms with Gasteiger partial charge in [0.05, 0.1) is 11.8 Å². The van der Waals surface area contributed by atoms with Crippen LogP contribution in [0.1, 0.15) is 25.7 Å². The van der Waals surface area contributed by atoms with Gasteiger partial charge in [0.1, 0.15) is 0 Å². The third-order valence-corrected chi connectivity index (χ3v) is 3.76. The van der Waals surface area contributed by atoms with E-state index in [1.807, 2.05) is 12.1 Å². The maximum Gasteiger partial charge on any atom is 0.227 e. The van der Waals surface area contributed by atoms with Gasteiger partial charge in [-0.25, -0.2) is 4.98 Å². The number of nitrogens with zero attached hydrogens (tertiary/aromatic N) is 2. The molecule has 2 fully saturated rings. The summed E-state index contributed by atoms with van der Waals surface area (Å²) >= 11 is 0. The molecule has 5 heteroatoms. The van der Waals surface area contributed by atoms with Crippen LogP contribution in [0.15, 0.2) is 18.3 Å². The van der Waals surface area contributed by atoms with Crippen LogP contribution in [0.3, 0.4) is 0 Å². The number of carbonyl (C=O) groups is 1. The molecule has 1 aromatic heterocycles. The number of nitrogens with one attached hydrogen (secondary N) is 1. The third kappa shape index (κ3) is 2.87. The second-order valence-corrected chi connectivity index (χ2v) is 5.36. The predicted molar refractivity (Wildman–Crippen MR) is 73.0 cm³/mol. The fourth-order valence-corrected chi connectivity index (χ4v) is 2.40. The summed E-state index contributed by atoms with van der Waals surface area (Å²) < 4.78 is 0. The maximum atomic E-state index is 11.9. The van der Waals surface area contributed by atoms with E-state index in [-0.39, 0.29) is 17.9 Å². The summed E-state index contributed by atoms with van der Waals surface area (Å²) in [7, 11) is 0. The van der Waals surface area contributed by atoms with Crippen molar-refractivity contribution >= 4 is 17.4 Å². The SMILES string of the molecule is O=C(Nc1cccnc1N1CCC(O)CC1)C1CC1. The van der Waals surface area contributed by atoms with Crippen molar-refractivity contribution in [3.63, 3.8) is 0 Å². The molecule has 1 amide bonds. The number of carbonyl (C=O) groups excluding carboxylic acids is 1. The molecule has 0 spiro atoms. The van der Waals surface area contributed by atoms with Crippen LogP contribution in [0, 0.1) is 5.92 Å². The number of anilines is 2. The van der Waals surface area contributed by atoms with Crippen molar-refractivity contribution in [3.05, 3.63) is 18.3 Å². The minimum absolute atomic E-state index is 0.103. The predicted octanol–water partition coefficient (Wildman–Crippen LogP) is 1.39. The van der Waals surface area contributed by atoms with Gasteiger partial charge in [0.2, 0.25) is 5.91 Å². The Balaban J connectivity index is 1.74. The van der Waals surface area contributed by atoms with Crippen molar-refractivity contribution < 1.29 is 9.90 Å². The topological polar surface area (TPSA) is 65.5 Å². The monoisotopic (exact) mass is 261 g/mol. The zero-order chi connectivity index (χ0) is 13.2. The summed E-state index contributed by atoms with van der Waals surface area (Å²) in [5.41, 5.74) is 0.788. The quantitative estimate of drug-likeness (QED) is 0.863. The number of aliphatic hydroxyl groups excluding tert-OH is 1. The van der Waals surface area contributed by atoms with E-state index in [1.54, 1.807) is 6.20 Å². The van der Waals surface area contributed by atoms with E-state index >= 15 is 0 Å². The lowest BCUT2D eigenvalue weighted by atomic mass is 10.1. The van der Waals surface area contributed by atoms with E-state index < -0.39 is 0 Å². The Morgan fingerprint density at radius 3 is 2.74 bits per heavy atom. The first kappa shape index (κ1) is 12.4. The Hall–Kier alpha value is -1.62. The van der Waals surface area contributed by atoms with E-state index in [0.717, 1.165) is 50.3 Å². The number of piperidine rings is 1. The highest BCUT2D eigenvalue weighted by atomic mass is 16.3. The van der Waals surface area contributed by atoms with E-state index in [9.17, 15) is 9.90 Å². The van der Waals surface area contributed by atoms with E-state index in [4.69, 9.17) is 0 Å². The van der Waals surface area contributed by atoms with Gasteiger partial charge in [-0.1, -0.05) is 0 Å². The van der Waals surface area contributed by atoms with Crippen LogP contribution in [0.25, 0.3) is 0 Å². The largest absolute Gasteiger partial charge is 0.393 e. The highest BCUT2D eigenvalue weighted by Gasteiger charge is 2.30. The van der Waals surface area contributed by atoms with E-state index in [2.05, 4.69) is 15.2 Å². The maximum absolute atomic E-state index is 11.9.